The van der Waals surface area contributed by atoms with Crippen LogP contribution in [0, 0.1) is 6.92 Å². The van der Waals surface area contributed by atoms with Gasteiger partial charge in [-0.2, -0.15) is 0 Å². The van der Waals surface area contributed by atoms with Crippen molar-refractivity contribution >= 4 is 0 Å². The van der Waals surface area contributed by atoms with Crippen LogP contribution in [0.2, 0.25) is 0 Å². The minimum Gasteiger partial charge on any atom is -0.465 e. The maximum absolute atomic E-state index is 5.70. The zero-order valence-corrected chi connectivity index (χ0v) is 11.2. The fourth-order valence-electron chi connectivity index (χ4n) is 2.78. The van der Waals surface area contributed by atoms with Crippen molar-refractivity contribution in [2.24, 2.45) is 0 Å². The van der Waals surface area contributed by atoms with E-state index < -0.39 is 0 Å². The topological polar surface area (TPSA) is 42.2 Å². The van der Waals surface area contributed by atoms with E-state index in [0.29, 0.717) is 6.04 Å². The lowest BCUT2D eigenvalue weighted by Crippen LogP contribution is -2.33. The number of piperidine rings is 1. The van der Waals surface area contributed by atoms with Gasteiger partial charge >= 0.3 is 0 Å². The lowest BCUT2D eigenvalue weighted by atomic mass is 9.99. The van der Waals surface area contributed by atoms with E-state index in [0.717, 1.165) is 36.7 Å². The summed E-state index contributed by atoms with van der Waals surface area (Å²) >= 11 is 0. The molecule has 1 aliphatic heterocycles. The molecule has 2 aromatic rings. The molecule has 2 aromatic heterocycles. The van der Waals surface area contributed by atoms with E-state index in [1.807, 2.05) is 25.3 Å². The highest BCUT2D eigenvalue weighted by Gasteiger charge is 2.25. The molecule has 1 saturated heterocycles. The summed E-state index contributed by atoms with van der Waals surface area (Å²) in [6.07, 6.45) is 7.14. The van der Waals surface area contributed by atoms with Crippen LogP contribution in [0.4, 0.5) is 0 Å². The van der Waals surface area contributed by atoms with Gasteiger partial charge in [0.1, 0.15) is 17.8 Å². The van der Waals surface area contributed by atoms with Gasteiger partial charge in [0.05, 0.1) is 18.3 Å². The first-order chi connectivity index (χ1) is 9.33. The van der Waals surface area contributed by atoms with E-state index in [2.05, 4.69) is 20.9 Å². The Balaban J connectivity index is 1.77. The van der Waals surface area contributed by atoms with Crippen LogP contribution in [0.3, 0.4) is 0 Å². The molecule has 1 aliphatic rings. The molecule has 1 atom stereocenters. The van der Waals surface area contributed by atoms with E-state index in [-0.39, 0.29) is 0 Å². The Labute approximate surface area is 113 Å². The second-order valence-electron chi connectivity index (χ2n) is 5.13. The standard InChI is InChI=1S/C15H19N3O/c1-12-5-6-13(19-12)10-18-9-3-2-4-15(18)14-7-8-16-11-17-14/h5-8,11,15H,2-4,9-10H2,1H3/t15-/m1/s1. The summed E-state index contributed by atoms with van der Waals surface area (Å²) in [6, 6.07) is 6.51. The molecule has 0 N–H and O–H groups in total. The van der Waals surface area contributed by atoms with Gasteiger partial charge in [0.25, 0.3) is 0 Å². The van der Waals surface area contributed by atoms with Crippen LogP contribution in [-0.4, -0.2) is 21.4 Å². The van der Waals surface area contributed by atoms with Crippen molar-refractivity contribution in [3.05, 3.63) is 47.9 Å². The van der Waals surface area contributed by atoms with Crippen LogP contribution in [0.25, 0.3) is 0 Å². The molecule has 0 radical (unpaired) electrons. The minimum absolute atomic E-state index is 0.391. The summed E-state index contributed by atoms with van der Waals surface area (Å²) < 4.78 is 5.70. The van der Waals surface area contributed by atoms with Gasteiger partial charge in [0, 0.05) is 6.20 Å². The van der Waals surface area contributed by atoms with Crippen LogP contribution in [-0.2, 0) is 6.54 Å². The first kappa shape index (κ1) is 12.4. The second-order valence-corrected chi connectivity index (χ2v) is 5.13. The van der Waals surface area contributed by atoms with Crippen molar-refractivity contribution in [1.29, 1.82) is 0 Å². The molecule has 4 nitrogen and oxygen atoms in total. The summed E-state index contributed by atoms with van der Waals surface area (Å²) in [5, 5.41) is 0. The molecule has 3 rings (SSSR count). The predicted molar refractivity (Wildman–Crippen MR) is 72.5 cm³/mol. The minimum atomic E-state index is 0.391. The summed E-state index contributed by atoms with van der Waals surface area (Å²) in [4.78, 5) is 10.9. The SMILES string of the molecule is Cc1ccc(CN2CCCC[C@@H]2c2ccncn2)o1. The third kappa shape index (κ3) is 2.84. The Morgan fingerprint density at radius 3 is 3.00 bits per heavy atom. The van der Waals surface area contributed by atoms with Gasteiger partial charge < -0.3 is 4.42 Å². The largest absolute Gasteiger partial charge is 0.465 e. The molecule has 0 bridgehead atoms. The van der Waals surface area contributed by atoms with Crippen molar-refractivity contribution in [3.63, 3.8) is 0 Å². The number of aryl methyl sites for hydroxylation is 1. The van der Waals surface area contributed by atoms with Crippen LogP contribution < -0.4 is 0 Å². The average molecular weight is 257 g/mol. The van der Waals surface area contributed by atoms with Gasteiger partial charge in [-0.05, 0) is 44.5 Å². The third-order valence-corrected chi connectivity index (χ3v) is 3.71. The van der Waals surface area contributed by atoms with E-state index >= 15 is 0 Å². The maximum Gasteiger partial charge on any atom is 0.118 e. The molecule has 0 unspecified atom stereocenters. The predicted octanol–water partition coefficient (Wildman–Crippen LogP) is 3.11. The van der Waals surface area contributed by atoms with Crippen molar-refractivity contribution < 1.29 is 4.42 Å². The smallest absolute Gasteiger partial charge is 0.118 e. The molecule has 100 valence electrons. The second kappa shape index (κ2) is 5.53. The van der Waals surface area contributed by atoms with Crippen molar-refractivity contribution in [3.8, 4) is 0 Å². The van der Waals surface area contributed by atoms with Gasteiger partial charge in [-0.3, -0.25) is 4.90 Å². The summed E-state index contributed by atoms with van der Waals surface area (Å²) in [5.74, 6) is 2.02. The molecule has 19 heavy (non-hydrogen) atoms. The Morgan fingerprint density at radius 2 is 2.26 bits per heavy atom. The quantitative estimate of drug-likeness (QED) is 0.847. The summed E-state index contributed by atoms with van der Waals surface area (Å²) in [6.45, 7) is 3.96. The normalized spacial score (nSPS) is 20.6. The van der Waals surface area contributed by atoms with Crippen LogP contribution in [0.1, 0.15) is 42.5 Å². The summed E-state index contributed by atoms with van der Waals surface area (Å²) in [7, 11) is 0. The molecule has 0 aromatic carbocycles. The fraction of sp³-hybridized carbons (Fsp3) is 0.467. The lowest BCUT2D eigenvalue weighted by molar-refractivity contribution is 0.126. The van der Waals surface area contributed by atoms with Gasteiger partial charge in [0.2, 0.25) is 0 Å². The number of furan rings is 1. The summed E-state index contributed by atoms with van der Waals surface area (Å²) in [5.41, 5.74) is 1.12. The molecule has 4 heteroatoms. The maximum atomic E-state index is 5.70. The van der Waals surface area contributed by atoms with E-state index in [1.54, 1.807) is 6.33 Å². The number of likely N-dealkylation sites (tertiary alicyclic amines) is 1. The highest BCUT2D eigenvalue weighted by molar-refractivity contribution is 5.09. The highest BCUT2D eigenvalue weighted by atomic mass is 16.3. The van der Waals surface area contributed by atoms with Gasteiger partial charge in [-0.15, -0.1) is 0 Å². The van der Waals surface area contributed by atoms with E-state index in [9.17, 15) is 0 Å². The Kier molecular flexibility index (Phi) is 3.60. The van der Waals surface area contributed by atoms with Crippen molar-refractivity contribution in [2.45, 2.75) is 38.8 Å². The number of aromatic nitrogens is 2. The fourth-order valence-corrected chi connectivity index (χ4v) is 2.78. The third-order valence-electron chi connectivity index (χ3n) is 3.71. The molecular formula is C15H19N3O. The zero-order valence-electron chi connectivity index (χ0n) is 11.2. The lowest BCUT2D eigenvalue weighted by Gasteiger charge is -2.34. The first-order valence-electron chi connectivity index (χ1n) is 6.88. The molecule has 0 spiro atoms. The molecule has 0 saturated carbocycles. The molecule has 0 aliphatic carbocycles. The van der Waals surface area contributed by atoms with Gasteiger partial charge in [-0.1, -0.05) is 6.42 Å². The van der Waals surface area contributed by atoms with E-state index in [4.69, 9.17) is 4.42 Å². The zero-order chi connectivity index (χ0) is 13.1. The number of nitrogens with zero attached hydrogens (tertiary/aromatic N) is 3. The van der Waals surface area contributed by atoms with Crippen LogP contribution in [0.5, 0.6) is 0 Å². The highest BCUT2D eigenvalue weighted by Crippen LogP contribution is 2.30. The molecule has 0 amide bonds. The molecular weight excluding hydrogens is 238 g/mol. The number of rotatable bonds is 3. The van der Waals surface area contributed by atoms with E-state index in [1.165, 1.54) is 12.8 Å². The molecule has 3 heterocycles. The molecule has 1 fully saturated rings. The van der Waals surface area contributed by atoms with Crippen LogP contribution >= 0.6 is 0 Å². The van der Waals surface area contributed by atoms with Crippen LogP contribution in [0.15, 0.2) is 35.1 Å². The number of hydrogen-bond donors (Lipinski definition) is 0. The van der Waals surface area contributed by atoms with Gasteiger partial charge in [0.15, 0.2) is 0 Å². The Bertz CT molecular complexity index is 523. The van der Waals surface area contributed by atoms with Crippen molar-refractivity contribution in [2.75, 3.05) is 6.54 Å². The average Bonchev–Trinajstić information content (AvgIpc) is 2.86. The van der Waals surface area contributed by atoms with Crippen molar-refractivity contribution in [1.82, 2.24) is 14.9 Å². The van der Waals surface area contributed by atoms with Gasteiger partial charge in [-0.25, -0.2) is 9.97 Å². The Hall–Kier alpha value is -1.68. The number of hydrogen-bond acceptors (Lipinski definition) is 4. The Morgan fingerprint density at radius 1 is 1.32 bits per heavy atom. The monoisotopic (exact) mass is 257 g/mol. The first-order valence-corrected chi connectivity index (χ1v) is 6.88.